The first-order chi connectivity index (χ1) is 19.8. The SMILES string of the molecule is O=C(c1cccc(-n2c3ccccc3c3c4c(ccc32)ccn4-c2ccccc2)c1)c1ccc2ccccc2c1. The Balaban J connectivity index is 1.34. The summed E-state index contributed by atoms with van der Waals surface area (Å²) in [6.07, 6.45) is 2.15. The fraction of sp³-hybridized carbons (Fsp3) is 0. The maximum atomic E-state index is 13.7. The number of para-hydroxylation sites is 2. The van der Waals surface area contributed by atoms with Crippen LogP contribution < -0.4 is 0 Å². The van der Waals surface area contributed by atoms with Crippen molar-refractivity contribution in [3.8, 4) is 11.4 Å². The van der Waals surface area contributed by atoms with Crippen molar-refractivity contribution in [2.24, 2.45) is 0 Å². The van der Waals surface area contributed by atoms with E-state index in [1.165, 1.54) is 21.7 Å². The van der Waals surface area contributed by atoms with Crippen LogP contribution in [-0.4, -0.2) is 14.9 Å². The van der Waals surface area contributed by atoms with Gasteiger partial charge in [0, 0.05) is 44.9 Å². The highest BCUT2D eigenvalue weighted by Gasteiger charge is 2.18. The molecular weight excluding hydrogens is 488 g/mol. The highest BCUT2D eigenvalue weighted by molar-refractivity contribution is 6.21. The second kappa shape index (κ2) is 8.82. The number of carbonyl (C=O) groups is 1. The van der Waals surface area contributed by atoms with Crippen molar-refractivity contribution >= 4 is 49.3 Å². The summed E-state index contributed by atoms with van der Waals surface area (Å²) in [5, 5.41) is 5.78. The van der Waals surface area contributed by atoms with Gasteiger partial charge < -0.3 is 9.13 Å². The van der Waals surface area contributed by atoms with Crippen LogP contribution >= 0.6 is 0 Å². The Morgan fingerprint density at radius 1 is 0.500 bits per heavy atom. The van der Waals surface area contributed by atoms with Gasteiger partial charge in [-0.25, -0.2) is 0 Å². The van der Waals surface area contributed by atoms with Gasteiger partial charge in [-0.1, -0.05) is 91.0 Å². The van der Waals surface area contributed by atoms with E-state index >= 15 is 0 Å². The number of nitrogens with zero attached hydrogens (tertiary/aromatic N) is 2. The van der Waals surface area contributed by atoms with Crippen molar-refractivity contribution in [3.63, 3.8) is 0 Å². The zero-order valence-corrected chi connectivity index (χ0v) is 21.7. The van der Waals surface area contributed by atoms with Crippen LogP contribution in [0.5, 0.6) is 0 Å². The maximum Gasteiger partial charge on any atom is 0.193 e. The number of benzene rings is 6. The third kappa shape index (κ3) is 3.41. The number of fused-ring (bicyclic) bond motifs is 6. The molecule has 0 fully saturated rings. The van der Waals surface area contributed by atoms with Crippen LogP contribution in [-0.2, 0) is 0 Å². The molecule has 2 heterocycles. The van der Waals surface area contributed by atoms with Crippen molar-refractivity contribution in [1.82, 2.24) is 9.13 Å². The molecule has 0 aliphatic heterocycles. The summed E-state index contributed by atoms with van der Waals surface area (Å²) < 4.78 is 4.55. The van der Waals surface area contributed by atoms with Crippen LogP contribution in [0.3, 0.4) is 0 Å². The Morgan fingerprint density at radius 2 is 1.23 bits per heavy atom. The van der Waals surface area contributed by atoms with Gasteiger partial charge in [-0.15, -0.1) is 0 Å². The molecular formula is C37H24N2O. The molecule has 0 aliphatic rings. The predicted molar refractivity (Wildman–Crippen MR) is 165 cm³/mol. The smallest absolute Gasteiger partial charge is 0.193 e. The number of rotatable bonds is 4. The van der Waals surface area contributed by atoms with Crippen LogP contribution in [0.4, 0.5) is 0 Å². The van der Waals surface area contributed by atoms with Crippen molar-refractivity contribution < 1.29 is 4.79 Å². The first-order valence-corrected chi connectivity index (χ1v) is 13.5. The standard InChI is InChI=1S/C37H24N2O/c40-37(29-18-17-25-9-4-5-10-27(25)23-29)28-11-8-14-31(24-28)39-33-16-7-6-15-32(33)35-34(39)20-19-26-21-22-38(36(26)35)30-12-2-1-3-13-30/h1-24H. The van der Waals surface area contributed by atoms with E-state index in [-0.39, 0.29) is 5.78 Å². The zero-order valence-electron chi connectivity index (χ0n) is 21.7. The van der Waals surface area contributed by atoms with E-state index in [4.69, 9.17) is 0 Å². The summed E-state index contributed by atoms with van der Waals surface area (Å²) in [5.74, 6) is 0.0220. The molecule has 0 unspecified atom stereocenters. The molecule has 8 rings (SSSR count). The normalized spacial score (nSPS) is 11.6. The van der Waals surface area contributed by atoms with Gasteiger partial charge in [0.1, 0.15) is 0 Å². The lowest BCUT2D eigenvalue weighted by Gasteiger charge is -2.11. The average molecular weight is 513 g/mol. The molecule has 0 spiro atoms. The van der Waals surface area contributed by atoms with Crippen LogP contribution in [0.25, 0.3) is 54.9 Å². The molecule has 2 aromatic heterocycles. The van der Waals surface area contributed by atoms with E-state index in [1.54, 1.807) is 0 Å². The Labute approximate surface area is 231 Å². The van der Waals surface area contributed by atoms with E-state index < -0.39 is 0 Å². The molecule has 3 heteroatoms. The summed E-state index contributed by atoms with van der Waals surface area (Å²) in [5.41, 5.74) is 6.87. The topological polar surface area (TPSA) is 26.9 Å². The molecule has 8 aromatic rings. The lowest BCUT2D eigenvalue weighted by atomic mass is 9.99. The summed E-state index contributed by atoms with van der Waals surface area (Å²) in [7, 11) is 0. The molecule has 0 radical (unpaired) electrons. The molecule has 6 aromatic carbocycles. The van der Waals surface area contributed by atoms with Gasteiger partial charge in [-0.3, -0.25) is 4.79 Å². The lowest BCUT2D eigenvalue weighted by Crippen LogP contribution is -2.03. The first-order valence-electron chi connectivity index (χ1n) is 13.5. The quantitative estimate of drug-likeness (QED) is 0.216. The summed E-state index contributed by atoms with van der Waals surface area (Å²) in [4.78, 5) is 13.7. The third-order valence-electron chi connectivity index (χ3n) is 7.90. The summed E-state index contributed by atoms with van der Waals surface area (Å²) in [6.45, 7) is 0. The van der Waals surface area contributed by atoms with E-state index in [0.717, 1.165) is 33.2 Å². The molecule has 188 valence electrons. The van der Waals surface area contributed by atoms with E-state index in [2.05, 4.69) is 94.2 Å². The Hall–Kier alpha value is -5.41. The second-order valence-corrected chi connectivity index (χ2v) is 10.2. The lowest BCUT2D eigenvalue weighted by molar-refractivity contribution is 0.103. The van der Waals surface area contributed by atoms with Gasteiger partial charge in [0.05, 0.1) is 16.6 Å². The Bertz CT molecular complexity index is 2230. The molecule has 0 saturated heterocycles. The van der Waals surface area contributed by atoms with Crippen molar-refractivity contribution in [2.45, 2.75) is 0 Å². The van der Waals surface area contributed by atoms with Gasteiger partial charge in [0.2, 0.25) is 0 Å². The number of ketones is 1. The highest BCUT2D eigenvalue weighted by atomic mass is 16.1. The molecule has 0 aliphatic carbocycles. The maximum absolute atomic E-state index is 13.7. The molecule has 3 nitrogen and oxygen atoms in total. The van der Waals surface area contributed by atoms with Crippen LogP contribution in [0.2, 0.25) is 0 Å². The molecule has 0 amide bonds. The summed E-state index contributed by atoms with van der Waals surface area (Å²) >= 11 is 0. The predicted octanol–water partition coefficient (Wildman–Crippen LogP) is 9.11. The van der Waals surface area contributed by atoms with E-state index in [1.807, 2.05) is 60.7 Å². The number of carbonyl (C=O) groups excluding carboxylic acids is 1. The minimum Gasteiger partial charge on any atom is -0.316 e. The van der Waals surface area contributed by atoms with Crippen molar-refractivity contribution in [3.05, 3.63) is 157 Å². The molecule has 0 bridgehead atoms. The Kier molecular flexibility index (Phi) is 4.98. The van der Waals surface area contributed by atoms with Crippen LogP contribution in [0.1, 0.15) is 15.9 Å². The fourth-order valence-corrected chi connectivity index (χ4v) is 6.05. The number of hydrogen-bond donors (Lipinski definition) is 0. The minimum atomic E-state index is 0.0220. The average Bonchev–Trinajstić information content (AvgIpc) is 3.60. The van der Waals surface area contributed by atoms with Crippen LogP contribution in [0.15, 0.2) is 146 Å². The van der Waals surface area contributed by atoms with Crippen LogP contribution in [0, 0.1) is 0 Å². The monoisotopic (exact) mass is 512 g/mol. The summed E-state index contributed by atoms with van der Waals surface area (Å²) in [6, 6.07) is 47.6. The molecule has 0 N–H and O–H groups in total. The largest absolute Gasteiger partial charge is 0.316 e. The molecule has 40 heavy (non-hydrogen) atoms. The Morgan fingerprint density at radius 3 is 2.12 bits per heavy atom. The highest BCUT2D eigenvalue weighted by Crippen LogP contribution is 2.38. The van der Waals surface area contributed by atoms with Crippen molar-refractivity contribution in [1.29, 1.82) is 0 Å². The molecule has 0 atom stereocenters. The van der Waals surface area contributed by atoms with Gasteiger partial charge in [0.25, 0.3) is 0 Å². The van der Waals surface area contributed by atoms with Crippen molar-refractivity contribution in [2.75, 3.05) is 0 Å². The number of hydrogen-bond acceptors (Lipinski definition) is 1. The fourth-order valence-electron chi connectivity index (χ4n) is 6.05. The molecule has 0 saturated carbocycles. The zero-order chi connectivity index (χ0) is 26.6. The number of aromatic nitrogens is 2. The first kappa shape index (κ1) is 22.6. The van der Waals surface area contributed by atoms with Gasteiger partial charge in [0.15, 0.2) is 5.78 Å². The van der Waals surface area contributed by atoms with E-state index in [9.17, 15) is 4.79 Å². The van der Waals surface area contributed by atoms with Gasteiger partial charge in [-0.2, -0.15) is 0 Å². The van der Waals surface area contributed by atoms with Gasteiger partial charge in [-0.05, 0) is 59.3 Å². The van der Waals surface area contributed by atoms with Gasteiger partial charge >= 0.3 is 0 Å². The van der Waals surface area contributed by atoms with E-state index in [0.29, 0.717) is 11.1 Å². The second-order valence-electron chi connectivity index (χ2n) is 10.2. The third-order valence-corrected chi connectivity index (χ3v) is 7.90. The minimum absolute atomic E-state index is 0.0220.